The fourth-order valence-electron chi connectivity index (χ4n) is 3.30. The molecule has 0 heterocycles. The summed E-state index contributed by atoms with van der Waals surface area (Å²) < 4.78 is 40.6. The predicted molar refractivity (Wildman–Crippen MR) is 130 cm³/mol. The van der Waals surface area contributed by atoms with Crippen molar-refractivity contribution in [2.45, 2.75) is 19.5 Å². The zero-order valence-corrected chi connectivity index (χ0v) is 19.9. The number of aryl methyl sites for hydroxylation is 1. The van der Waals surface area contributed by atoms with E-state index in [9.17, 15) is 22.8 Å². The summed E-state index contributed by atoms with van der Waals surface area (Å²) in [5, 5.41) is 5.39. The van der Waals surface area contributed by atoms with Crippen LogP contribution in [0, 0.1) is 6.92 Å². The molecule has 9 heteroatoms. The first kappa shape index (κ1) is 25.3. The lowest BCUT2D eigenvalue weighted by molar-refractivity contribution is -0.137. The number of nitrogens with zero attached hydrogens (tertiary/aromatic N) is 1. The molecule has 178 valence electrons. The summed E-state index contributed by atoms with van der Waals surface area (Å²) in [7, 11) is 0. The van der Waals surface area contributed by atoms with Gasteiger partial charge in [0, 0.05) is 34.5 Å². The lowest BCUT2D eigenvalue weighted by Crippen LogP contribution is -2.36. The molecule has 3 rings (SSSR count). The van der Waals surface area contributed by atoms with Gasteiger partial charge in [0.05, 0.1) is 5.56 Å². The Morgan fingerprint density at radius 3 is 2.35 bits per heavy atom. The molecule has 3 aromatic carbocycles. The van der Waals surface area contributed by atoms with Gasteiger partial charge >= 0.3 is 12.2 Å². The first-order chi connectivity index (χ1) is 16.1. The van der Waals surface area contributed by atoms with Crippen molar-refractivity contribution >= 4 is 39.2 Å². The summed E-state index contributed by atoms with van der Waals surface area (Å²) in [5.74, 6) is -0.406. The van der Waals surface area contributed by atoms with Gasteiger partial charge < -0.3 is 15.5 Å². The maximum Gasteiger partial charge on any atom is 0.416 e. The SMILES string of the molecule is Cc1ccccc1C(=O)N(CCCNC(=O)Nc1ccc(Br)cc1)c1cccc(C(F)(F)F)c1. The predicted octanol–water partition coefficient (Wildman–Crippen LogP) is 6.63. The van der Waals surface area contributed by atoms with Crippen LogP contribution in [0.3, 0.4) is 0 Å². The number of alkyl halides is 3. The van der Waals surface area contributed by atoms with Gasteiger partial charge in [-0.15, -0.1) is 0 Å². The van der Waals surface area contributed by atoms with Gasteiger partial charge in [-0.05, 0) is 67.4 Å². The van der Waals surface area contributed by atoms with E-state index >= 15 is 0 Å². The molecule has 0 aliphatic rings. The lowest BCUT2D eigenvalue weighted by atomic mass is 10.1. The number of benzene rings is 3. The highest BCUT2D eigenvalue weighted by atomic mass is 79.9. The third kappa shape index (κ3) is 6.84. The van der Waals surface area contributed by atoms with Crippen LogP contribution in [0.5, 0.6) is 0 Å². The maximum absolute atomic E-state index is 13.3. The van der Waals surface area contributed by atoms with Gasteiger partial charge in [0.1, 0.15) is 0 Å². The molecule has 0 spiro atoms. The van der Waals surface area contributed by atoms with Crippen LogP contribution in [0.1, 0.15) is 27.9 Å². The first-order valence-corrected chi connectivity index (χ1v) is 11.3. The fraction of sp³-hybridized carbons (Fsp3) is 0.200. The molecule has 0 aliphatic heterocycles. The zero-order valence-electron chi connectivity index (χ0n) is 18.3. The van der Waals surface area contributed by atoms with Crippen molar-refractivity contribution in [3.8, 4) is 0 Å². The summed E-state index contributed by atoms with van der Waals surface area (Å²) in [6.45, 7) is 2.11. The molecule has 0 bridgehead atoms. The summed E-state index contributed by atoms with van der Waals surface area (Å²) in [6.07, 6.45) is -4.19. The van der Waals surface area contributed by atoms with Crippen LogP contribution in [0.2, 0.25) is 0 Å². The van der Waals surface area contributed by atoms with E-state index in [1.165, 1.54) is 17.0 Å². The van der Waals surface area contributed by atoms with Crippen LogP contribution >= 0.6 is 15.9 Å². The maximum atomic E-state index is 13.3. The van der Waals surface area contributed by atoms with Gasteiger partial charge in [-0.1, -0.05) is 40.2 Å². The van der Waals surface area contributed by atoms with E-state index in [-0.39, 0.29) is 18.8 Å². The number of amides is 3. The number of rotatable bonds is 7. The van der Waals surface area contributed by atoms with Crippen molar-refractivity contribution in [1.82, 2.24) is 5.32 Å². The third-order valence-electron chi connectivity index (χ3n) is 5.05. The minimum Gasteiger partial charge on any atom is -0.338 e. The highest BCUT2D eigenvalue weighted by Crippen LogP contribution is 2.32. The van der Waals surface area contributed by atoms with Crippen LogP contribution in [0.25, 0.3) is 0 Å². The Balaban J connectivity index is 1.70. The molecule has 3 aromatic rings. The van der Waals surface area contributed by atoms with Crippen molar-refractivity contribution in [1.29, 1.82) is 0 Å². The Bertz CT molecular complexity index is 1150. The quantitative estimate of drug-likeness (QED) is 0.334. The van der Waals surface area contributed by atoms with Gasteiger partial charge in [-0.2, -0.15) is 13.2 Å². The van der Waals surface area contributed by atoms with Crippen LogP contribution in [0.15, 0.2) is 77.3 Å². The summed E-state index contributed by atoms with van der Waals surface area (Å²) >= 11 is 3.32. The molecule has 0 unspecified atom stereocenters. The normalized spacial score (nSPS) is 11.1. The number of carbonyl (C=O) groups is 2. The lowest BCUT2D eigenvalue weighted by Gasteiger charge is -2.25. The number of urea groups is 1. The molecule has 3 amide bonds. The van der Waals surface area contributed by atoms with E-state index in [1.807, 2.05) is 0 Å². The number of carbonyl (C=O) groups excluding carboxylic acids is 2. The summed E-state index contributed by atoms with van der Waals surface area (Å²) in [4.78, 5) is 26.7. The van der Waals surface area contributed by atoms with Crippen molar-refractivity contribution < 1.29 is 22.8 Å². The Morgan fingerprint density at radius 1 is 0.971 bits per heavy atom. The van der Waals surface area contributed by atoms with Crippen molar-refractivity contribution in [2.24, 2.45) is 0 Å². The number of halogens is 4. The second kappa shape index (κ2) is 11.2. The smallest absolute Gasteiger partial charge is 0.338 e. The van der Waals surface area contributed by atoms with E-state index in [4.69, 9.17) is 0 Å². The molecule has 0 saturated heterocycles. The third-order valence-corrected chi connectivity index (χ3v) is 5.58. The molecule has 5 nitrogen and oxygen atoms in total. The van der Waals surface area contributed by atoms with Gasteiger partial charge in [-0.25, -0.2) is 4.79 Å². The van der Waals surface area contributed by atoms with E-state index in [1.54, 1.807) is 55.5 Å². The summed E-state index contributed by atoms with van der Waals surface area (Å²) in [5.41, 5.74) is 1.04. The van der Waals surface area contributed by atoms with Crippen molar-refractivity contribution in [2.75, 3.05) is 23.3 Å². The highest BCUT2D eigenvalue weighted by Gasteiger charge is 2.31. The van der Waals surface area contributed by atoms with Crippen LogP contribution in [0.4, 0.5) is 29.3 Å². The molecular formula is C25H23BrF3N3O2. The second-order valence-corrected chi connectivity index (χ2v) is 8.48. The van der Waals surface area contributed by atoms with E-state index in [2.05, 4.69) is 26.6 Å². The molecule has 0 aromatic heterocycles. The second-order valence-electron chi connectivity index (χ2n) is 7.56. The minimum atomic E-state index is -4.53. The van der Waals surface area contributed by atoms with Gasteiger partial charge in [-0.3, -0.25) is 4.79 Å². The van der Waals surface area contributed by atoms with Crippen LogP contribution in [-0.2, 0) is 6.18 Å². The van der Waals surface area contributed by atoms with Crippen molar-refractivity contribution in [3.05, 3.63) is 94.0 Å². The molecule has 0 saturated carbocycles. The number of anilines is 2. The standard InChI is InChI=1S/C25H23BrF3N3O2/c1-17-6-2-3-9-22(17)23(33)32(21-8-4-7-18(16-21)25(27,28)29)15-5-14-30-24(34)31-20-12-10-19(26)11-13-20/h2-4,6-13,16H,5,14-15H2,1H3,(H2,30,31,34). The van der Waals surface area contributed by atoms with Crippen LogP contribution < -0.4 is 15.5 Å². The number of nitrogens with one attached hydrogen (secondary N) is 2. The Morgan fingerprint density at radius 2 is 1.68 bits per heavy atom. The van der Waals surface area contributed by atoms with Gasteiger partial charge in [0.15, 0.2) is 0 Å². The average molecular weight is 534 g/mol. The Kier molecular flexibility index (Phi) is 8.33. The molecule has 34 heavy (non-hydrogen) atoms. The van der Waals surface area contributed by atoms with Crippen LogP contribution in [-0.4, -0.2) is 25.0 Å². The summed E-state index contributed by atoms with van der Waals surface area (Å²) in [6, 6.07) is 18.2. The Hall–Kier alpha value is -3.33. The van der Waals surface area contributed by atoms with E-state index < -0.39 is 23.7 Å². The highest BCUT2D eigenvalue weighted by molar-refractivity contribution is 9.10. The van der Waals surface area contributed by atoms with Gasteiger partial charge in [0.2, 0.25) is 0 Å². The molecule has 0 atom stereocenters. The van der Waals surface area contributed by atoms with E-state index in [0.29, 0.717) is 17.7 Å². The number of hydrogen-bond donors (Lipinski definition) is 2. The molecule has 2 N–H and O–H groups in total. The van der Waals surface area contributed by atoms with E-state index in [0.717, 1.165) is 22.2 Å². The zero-order chi connectivity index (χ0) is 24.7. The minimum absolute atomic E-state index is 0.118. The van der Waals surface area contributed by atoms with Crippen molar-refractivity contribution in [3.63, 3.8) is 0 Å². The molecule has 0 aliphatic carbocycles. The largest absolute Gasteiger partial charge is 0.416 e. The number of hydrogen-bond acceptors (Lipinski definition) is 2. The molecule has 0 fully saturated rings. The fourth-order valence-corrected chi connectivity index (χ4v) is 3.57. The Labute approximate surface area is 204 Å². The molecular weight excluding hydrogens is 511 g/mol. The molecule has 0 radical (unpaired) electrons. The van der Waals surface area contributed by atoms with Gasteiger partial charge in [0.25, 0.3) is 5.91 Å². The first-order valence-electron chi connectivity index (χ1n) is 10.5. The topological polar surface area (TPSA) is 61.4 Å². The average Bonchev–Trinajstić information content (AvgIpc) is 2.80. The monoisotopic (exact) mass is 533 g/mol.